The van der Waals surface area contributed by atoms with Gasteiger partial charge in [-0.1, -0.05) is 27.7 Å². The molecule has 0 aromatic heterocycles. The number of ether oxygens (including phenoxy) is 3. The van der Waals surface area contributed by atoms with Gasteiger partial charge in [-0.25, -0.2) is 0 Å². The van der Waals surface area contributed by atoms with Crippen molar-refractivity contribution in [2.75, 3.05) is 26.9 Å². The molecular formula is C26H47NO5. The molecule has 0 saturated carbocycles. The van der Waals surface area contributed by atoms with Crippen LogP contribution in [0, 0.1) is 16.7 Å². The zero-order chi connectivity index (χ0) is 25.1. The van der Waals surface area contributed by atoms with Gasteiger partial charge in [0.25, 0.3) is 0 Å². The minimum absolute atomic E-state index is 0.0356. The number of nitrogens with zero attached hydrogens (tertiary/aromatic N) is 1. The second-order valence-electron chi connectivity index (χ2n) is 12.0. The van der Waals surface area contributed by atoms with Gasteiger partial charge >= 0.3 is 5.97 Å². The fourth-order valence-corrected chi connectivity index (χ4v) is 3.78. The lowest BCUT2D eigenvalue weighted by Gasteiger charge is -2.43. The third kappa shape index (κ3) is 7.31. The molecule has 1 fully saturated rings. The van der Waals surface area contributed by atoms with Crippen molar-refractivity contribution >= 4 is 11.9 Å². The Morgan fingerprint density at radius 2 is 1.62 bits per heavy atom. The average Bonchev–Trinajstić information content (AvgIpc) is 2.65. The highest BCUT2D eigenvalue weighted by atomic mass is 16.5. The number of hydrogen-bond donors (Lipinski definition) is 0. The van der Waals surface area contributed by atoms with E-state index in [9.17, 15) is 9.59 Å². The molecule has 1 heterocycles. The number of esters is 1. The molecule has 0 spiro atoms. The minimum atomic E-state index is -0.617. The summed E-state index contributed by atoms with van der Waals surface area (Å²) in [4.78, 5) is 27.0. The molecule has 0 bridgehead atoms. The van der Waals surface area contributed by atoms with Crippen molar-refractivity contribution < 1.29 is 23.8 Å². The summed E-state index contributed by atoms with van der Waals surface area (Å²) >= 11 is 0. The van der Waals surface area contributed by atoms with Crippen LogP contribution in [0.3, 0.4) is 0 Å². The van der Waals surface area contributed by atoms with Gasteiger partial charge in [-0.3, -0.25) is 9.59 Å². The smallest absolute Gasteiger partial charge is 0.310 e. The van der Waals surface area contributed by atoms with E-state index in [4.69, 9.17) is 14.2 Å². The van der Waals surface area contributed by atoms with Gasteiger partial charge in [0.15, 0.2) is 0 Å². The van der Waals surface area contributed by atoms with Crippen molar-refractivity contribution in [2.24, 2.45) is 16.7 Å². The van der Waals surface area contributed by atoms with Crippen LogP contribution in [0.1, 0.15) is 89.0 Å². The lowest BCUT2D eigenvalue weighted by molar-refractivity contribution is -0.155. The monoisotopic (exact) mass is 453 g/mol. The predicted octanol–water partition coefficient (Wildman–Crippen LogP) is 5.35. The normalized spacial score (nSPS) is 20.8. The summed E-state index contributed by atoms with van der Waals surface area (Å²) in [6, 6.07) is 0. The van der Waals surface area contributed by atoms with Crippen molar-refractivity contribution in [3.63, 3.8) is 0 Å². The van der Waals surface area contributed by atoms with Crippen molar-refractivity contribution in [1.29, 1.82) is 0 Å². The summed E-state index contributed by atoms with van der Waals surface area (Å²) in [6.45, 7) is 23.9. The van der Waals surface area contributed by atoms with Crippen LogP contribution in [0.15, 0.2) is 11.3 Å². The van der Waals surface area contributed by atoms with Gasteiger partial charge in [0.1, 0.15) is 0 Å². The van der Waals surface area contributed by atoms with E-state index in [2.05, 4.69) is 48.5 Å². The summed E-state index contributed by atoms with van der Waals surface area (Å²) in [6.07, 6.45) is 1.37. The van der Waals surface area contributed by atoms with Crippen molar-refractivity contribution in [3.8, 4) is 0 Å². The van der Waals surface area contributed by atoms with Crippen LogP contribution in [-0.4, -0.2) is 54.8 Å². The second-order valence-corrected chi connectivity index (χ2v) is 12.0. The van der Waals surface area contributed by atoms with E-state index >= 15 is 0 Å². The Bertz CT molecular complexity index is 712. The summed E-state index contributed by atoms with van der Waals surface area (Å²) < 4.78 is 17.3. The minimum Gasteiger partial charge on any atom is -0.469 e. The molecule has 0 N–H and O–H groups in total. The first-order chi connectivity index (χ1) is 14.3. The number of piperidine rings is 1. The maximum atomic E-state index is 13.1. The molecule has 1 rings (SSSR count). The molecule has 1 aliphatic heterocycles. The number of methoxy groups -OCH3 is 1. The van der Waals surface area contributed by atoms with E-state index in [0.29, 0.717) is 26.2 Å². The van der Waals surface area contributed by atoms with Crippen LogP contribution in [0.4, 0.5) is 0 Å². The number of carbonyl (C=O) groups is 2. The molecule has 0 aromatic rings. The Balaban J connectivity index is 2.93. The van der Waals surface area contributed by atoms with Gasteiger partial charge in [0.05, 0.1) is 30.8 Å². The van der Waals surface area contributed by atoms with E-state index in [-0.39, 0.29) is 28.8 Å². The van der Waals surface area contributed by atoms with Gasteiger partial charge in [-0.2, -0.15) is 0 Å². The standard InChI is InChI=1S/C26H47NO5/c1-18(17-32-26(10,11)25(8,9)13-14-31-23(3,4)5)19(2)27-16-20(21(28)30-12)15-24(6,7)22(27)29/h20H,13-17H2,1-12H3/b19-18+. The Hall–Kier alpha value is -1.40. The zero-order valence-electron chi connectivity index (χ0n) is 22.6. The van der Waals surface area contributed by atoms with E-state index < -0.39 is 11.0 Å². The van der Waals surface area contributed by atoms with Gasteiger partial charge in [0, 0.05) is 24.3 Å². The summed E-state index contributed by atoms with van der Waals surface area (Å²) in [5.41, 5.74) is 0.555. The fourth-order valence-electron chi connectivity index (χ4n) is 3.78. The van der Waals surface area contributed by atoms with Gasteiger partial charge < -0.3 is 19.1 Å². The molecule has 32 heavy (non-hydrogen) atoms. The highest BCUT2D eigenvalue weighted by Crippen LogP contribution is 2.39. The summed E-state index contributed by atoms with van der Waals surface area (Å²) in [5, 5.41) is 0. The van der Waals surface area contributed by atoms with Crippen molar-refractivity contribution in [3.05, 3.63) is 11.3 Å². The number of amides is 1. The van der Waals surface area contributed by atoms with Crippen LogP contribution in [0.2, 0.25) is 0 Å². The molecular weight excluding hydrogens is 406 g/mol. The summed E-state index contributed by atoms with van der Waals surface area (Å²) in [7, 11) is 1.40. The maximum absolute atomic E-state index is 13.1. The number of rotatable bonds is 9. The molecule has 186 valence electrons. The first-order valence-electron chi connectivity index (χ1n) is 11.7. The SMILES string of the molecule is COC(=O)C1CN(/C(C)=C(\C)COC(C)(C)C(C)(C)CCOC(C)(C)C)C(=O)C(C)(C)C1. The zero-order valence-corrected chi connectivity index (χ0v) is 22.6. The van der Waals surface area contributed by atoms with Crippen LogP contribution in [0.5, 0.6) is 0 Å². The topological polar surface area (TPSA) is 65.1 Å². The van der Waals surface area contributed by atoms with Crippen LogP contribution in [0.25, 0.3) is 0 Å². The molecule has 1 atom stereocenters. The van der Waals surface area contributed by atoms with Gasteiger partial charge in [0.2, 0.25) is 5.91 Å². The molecule has 0 aromatic carbocycles. The van der Waals surface area contributed by atoms with E-state index in [1.165, 1.54) is 7.11 Å². The first kappa shape index (κ1) is 28.6. The highest BCUT2D eigenvalue weighted by Gasteiger charge is 2.44. The lowest BCUT2D eigenvalue weighted by Crippen LogP contribution is -2.51. The Morgan fingerprint density at radius 3 is 2.12 bits per heavy atom. The third-order valence-corrected chi connectivity index (χ3v) is 7.08. The van der Waals surface area contributed by atoms with Crippen molar-refractivity contribution in [2.45, 2.75) is 100 Å². The van der Waals surface area contributed by atoms with Crippen molar-refractivity contribution in [1.82, 2.24) is 4.90 Å². The number of allylic oxidation sites excluding steroid dienone is 1. The molecule has 1 amide bonds. The largest absolute Gasteiger partial charge is 0.469 e. The molecule has 0 radical (unpaired) electrons. The van der Waals surface area contributed by atoms with Crippen LogP contribution in [-0.2, 0) is 23.8 Å². The maximum Gasteiger partial charge on any atom is 0.310 e. The Labute approximate surface area is 196 Å². The van der Waals surface area contributed by atoms with E-state index in [1.54, 1.807) is 4.90 Å². The molecule has 1 saturated heterocycles. The summed E-state index contributed by atoms with van der Waals surface area (Å²) in [5.74, 6) is -0.555. The predicted molar refractivity (Wildman–Crippen MR) is 128 cm³/mol. The number of carbonyl (C=O) groups excluding carboxylic acids is 2. The Kier molecular flexibility index (Phi) is 9.17. The third-order valence-electron chi connectivity index (χ3n) is 7.08. The quantitative estimate of drug-likeness (QED) is 0.440. The fraction of sp³-hybridized carbons (Fsp3) is 0.846. The van der Waals surface area contributed by atoms with Gasteiger partial charge in [-0.05, 0) is 72.3 Å². The Morgan fingerprint density at radius 1 is 1.06 bits per heavy atom. The molecule has 6 heteroatoms. The van der Waals surface area contributed by atoms with Crippen LogP contribution >= 0.6 is 0 Å². The lowest BCUT2D eigenvalue weighted by atomic mass is 9.74. The molecule has 6 nitrogen and oxygen atoms in total. The number of likely N-dealkylation sites (tertiary alicyclic amines) is 1. The van der Waals surface area contributed by atoms with Gasteiger partial charge in [-0.15, -0.1) is 0 Å². The average molecular weight is 454 g/mol. The second kappa shape index (κ2) is 10.3. The molecule has 1 unspecified atom stereocenters. The first-order valence-corrected chi connectivity index (χ1v) is 11.7. The molecule has 1 aliphatic rings. The highest BCUT2D eigenvalue weighted by molar-refractivity contribution is 5.87. The molecule has 0 aliphatic carbocycles. The van der Waals surface area contributed by atoms with E-state index in [0.717, 1.165) is 17.7 Å². The van der Waals surface area contributed by atoms with E-state index in [1.807, 2.05) is 27.7 Å². The van der Waals surface area contributed by atoms with Crippen LogP contribution < -0.4 is 0 Å². The number of hydrogen-bond acceptors (Lipinski definition) is 5.